The van der Waals surface area contributed by atoms with E-state index in [1.807, 2.05) is 121 Å². The molecule has 6 aromatic rings. The molecule has 3 atom stereocenters. The Morgan fingerprint density at radius 2 is 1.39 bits per heavy atom. The lowest BCUT2D eigenvalue weighted by molar-refractivity contribution is -0.245. The number of nitrogens with zero attached hydrogens (tertiary/aromatic N) is 1. The van der Waals surface area contributed by atoms with Crippen LogP contribution in [0.4, 0.5) is 0 Å². The van der Waals surface area contributed by atoms with Crippen molar-refractivity contribution >= 4 is 23.6 Å². The number of aliphatic hydroxyl groups excluding tert-OH is 1. The van der Waals surface area contributed by atoms with Crippen molar-refractivity contribution in [1.82, 2.24) is 10.3 Å². The van der Waals surface area contributed by atoms with Crippen LogP contribution in [0.5, 0.6) is 0 Å². The fourth-order valence-electron chi connectivity index (χ4n) is 6.92. The van der Waals surface area contributed by atoms with E-state index in [-0.39, 0.29) is 31.1 Å². The van der Waals surface area contributed by atoms with E-state index in [4.69, 9.17) is 24.0 Å². The standard InChI is InChI=1S/C47H46N2O7S/c50-30-32-20-22-34(23-21-32)41-28-39(31-57-47-49-44(35-12-4-1-5-13-35)45(56-47)36-14-6-2-7-15-36)54-46(55-41)37-26-24-33(25-27-37)40-17-11-10-16-38(40)29-48-42(51)18-8-3-9-19-43(52)53/h1-2,4-7,10-17,20-27,39,41,46,50H,3,8-9,18-19,28-31H2,(H,48,51)(H,52,53)/t39-,41+,46+/m0/s1. The molecule has 0 bridgehead atoms. The minimum Gasteiger partial charge on any atom is -0.481 e. The van der Waals surface area contributed by atoms with E-state index in [9.17, 15) is 14.7 Å². The zero-order valence-corrected chi connectivity index (χ0v) is 32.4. The van der Waals surface area contributed by atoms with Gasteiger partial charge in [0, 0.05) is 48.3 Å². The summed E-state index contributed by atoms with van der Waals surface area (Å²) in [6.45, 7) is 0.363. The second-order valence-corrected chi connectivity index (χ2v) is 15.0. The van der Waals surface area contributed by atoms with Crippen molar-refractivity contribution < 1.29 is 33.7 Å². The molecule has 9 nitrogen and oxygen atoms in total. The molecule has 292 valence electrons. The van der Waals surface area contributed by atoms with Gasteiger partial charge in [0.1, 0.15) is 5.69 Å². The SMILES string of the molecule is O=C(O)CCCCCC(=O)NCc1ccccc1-c1ccc([C@@H]2O[C@H](CSc3nc(-c4ccccc4)c(-c4ccccc4)o3)C[C@H](c3ccc(CO)cc3)O2)cc1. The van der Waals surface area contributed by atoms with Crippen molar-refractivity contribution in [1.29, 1.82) is 0 Å². The highest BCUT2D eigenvalue weighted by molar-refractivity contribution is 7.99. The van der Waals surface area contributed by atoms with E-state index in [1.165, 1.54) is 11.8 Å². The van der Waals surface area contributed by atoms with Crippen molar-refractivity contribution in [2.75, 3.05) is 5.75 Å². The number of carbonyl (C=O) groups is 2. The number of hydrogen-bond acceptors (Lipinski definition) is 8. The molecule has 2 heterocycles. The molecule has 1 aromatic heterocycles. The molecule has 1 aliphatic rings. The van der Waals surface area contributed by atoms with E-state index in [0.29, 0.717) is 49.6 Å². The molecule has 57 heavy (non-hydrogen) atoms. The van der Waals surface area contributed by atoms with Crippen molar-refractivity contribution in [3.05, 3.63) is 156 Å². The number of aromatic nitrogens is 1. The summed E-state index contributed by atoms with van der Waals surface area (Å²) in [5.74, 6) is 0.459. The van der Waals surface area contributed by atoms with E-state index >= 15 is 0 Å². The van der Waals surface area contributed by atoms with Gasteiger partial charge in [0.05, 0.1) is 18.8 Å². The van der Waals surface area contributed by atoms with E-state index < -0.39 is 12.3 Å². The van der Waals surface area contributed by atoms with Crippen LogP contribution < -0.4 is 5.32 Å². The third-order valence-electron chi connectivity index (χ3n) is 9.98. The molecule has 1 aliphatic heterocycles. The van der Waals surface area contributed by atoms with Crippen LogP contribution in [0.3, 0.4) is 0 Å². The van der Waals surface area contributed by atoms with Gasteiger partial charge < -0.3 is 29.4 Å². The van der Waals surface area contributed by atoms with Crippen molar-refractivity contribution in [3.63, 3.8) is 0 Å². The summed E-state index contributed by atoms with van der Waals surface area (Å²) >= 11 is 1.52. The molecule has 1 fully saturated rings. The lowest BCUT2D eigenvalue weighted by Gasteiger charge is -2.36. The summed E-state index contributed by atoms with van der Waals surface area (Å²) in [4.78, 5) is 28.3. The minimum absolute atomic E-state index is 0.0269. The summed E-state index contributed by atoms with van der Waals surface area (Å²) < 4.78 is 19.7. The number of aliphatic hydroxyl groups is 1. The first kappa shape index (κ1) is 39.7. The molecule has 0 unspecified atom stereocenters. The van der Waals surface area contributed by atoms with Gasteiger partial charge in [0.25, 0.3) is 5.22 Å². The predicted octanol–water partition coefficient (Wildman–Crippen LogP) is 10.2. The molecule has 1 saturated heterocycles. The van der Waals surface area contributed by atoms with Crippen molar-refractivity contribution in [2.24, 2.45) is 0 Å². The first-order chi connectivity index (χ1) is 27.9. The Labute approximate surface area is 337 Å². The van der Waals surface area contributed by atoms with Gasteiger partial charge in [-0.05, 0) is 40.7 Å². The molecule has 0 spiro atoms. The molecule has 0 saturated carbocycles. The Kier molecular flexibility index (Phi) is 13.6. The number of benzene rings is 5. The normalized spacial score (nSPS) is 16.6. The first-order valence-electron chi connectivity index (χ1n) is 19.4. The van der Waals surface area contributed by atoms with Crippen LogP contribution in [-0.4, -0.2) is 38.9 Å². The highest BCUT2D eigenvalue weighted by Gasteiger charge is 2.33. The summed E-state index contributed by atoms with van der Waals surface area (Å²) in [5, 5.41) is 22.1. The zero-order valence-electron chi connectivity index (χ0n) is 31.6. The lowest BCUT2D eigenvalue weighted by atomic mass is 9.97. The zero-order chi connectivity index (χ0) is 39.4. The van der Waals surface area contributed by atoms with Crippen LogP contribution in [0.2, 0.25) is 0 Å². The number of amides is 1. The van der Waals surface area contributed by atoms with E-state index in [1.54, 1.807) is 0 Å². The maximum atomic E-state index is 12.6. The van der Waals surface area contributed by atoms with Crippen molar-refractivity contribution in [3.8, 4) is 33.7 Å². The summed E-state index contributed by atoms with van der Waals surface area (Å²) in [7, 11) is 0. The molecule has 0 aliphatic carbocycles. The van der Waals surface area contributed by atoms with Gasteiger partial charge in [-0.15, -0.1) is 0 Å². The number of carbonyl (C=O) groups excluding carboxylic acids is 1. The molecular formula is C47H46N2O7S. The molecule has 5 aromatic carbocycles. The number of hydrogen-bond donors (Lipinski definition) is 3. The van der Waals surface area contributed by atoms with Crippen LogP contribution >= 0.6 is 11.8 Å². The summed E-state index contributed by atoms with van der Waals surface area (Å²) in [5.41, 5.74) is 8.49. The number of thioether (sulfide) groups is 1. The second kappa shape index (κ2) is 19.6. The number of nitrogens with one attached hydrogen (secondary N) is 1. The van der Waals surface area contributed by atoms with Gasteiger partial charge in [0.2, 0.25) is 5.91 Å². The minimum atomic E-state index is -0.810. The Balaban J connectivity index is 1.06. The maximum absolute atomic E-state index is 12.6. The van der Waals surface area contributed by atoms with Gasteiger partial charge >= 0.3 is 5.97 Å². The monoisotopic (exact) mass is 782 g/mol. The third kappa shape index (κ3) is 10.7. The highest BCUT2D eigenvalue weighted by atomic mass is 32.2. The van der Waals surface area contributed by atoms with E-state index in [0.717, 1.165) is 56.0 Å². The van der Waals surface area contributed by atoms with Crippen LogP contribution in [0, 0.1) is 0 Å². The quantitative estimate of drug-likeness (QED) is 0.0611. The number of ether oxygens (including phenoxy) is 2. The molecule has 3 N–H and O–H groups in total. The summed E-state index contributed by atoms with van der Waals surface area (Å²) in [6, 6.07) is 44.1. The number of carboxylic acids is 1. The Morgan fingerprint density at radius 1 is 0.719 bits per heavy atom. The Morgan fingerprint density at radius 3 is 2.11 bits per heavy atom. The van der Waals surface area contributed by atoms with Gasteiger partial charge in [-0.1, -0.05) is 152 Å². The number of carboxylic acid groups (broad SMARTS) is 1. The second-order valence-electron chi connectivity index (χ2n) is 14.1. The largest absolute Gasteiger partial charge is 0.481 e. The molecule has 0 radical (unpaired) electrons. The topological polar surface area (TPSA) is 131 Å². The van der Waals surface area contributed by atoms with E-state index in [2.05, 4.69) is 17.4 Å². The molecule has 10 heteroatoms. The Hall–Kier alpha value is -5.52. The van der Waals surface area contributed by atoms with Crippen LogP contribution in [0.1, 0.15) is 73.2 Å². The summed E-state index contributed by atoms with van der Waals surface area (Å²) in [6.07, 6.45) is 2.00. The predicted molar refractivity (Wildman–Crippen MR) is 221 cm³/mol. The Bertz CT molecular complexity index is 2150. The smallest absolute Gasteiger partial charge is 0.303 e. The average Bonchev–Trinajstić information content (AvgIpc) is 3.70. The number of aliphatic carboxylic acids is 1. The highest BCUT2D eigenvalue weighted by Crippen LogP contribution is 2.41. The third-order valence-corrected chi connectivity index (χ3v) is 10.9. The van der Waals surface area contributed by atoms with Crippen LogP contribution in [-0.2, 0) is 32.2 Å². The first-order valence-corrected chi connectivity index (χ1v) is 20.3. The molecule has 7 rings (SSSR count). The fourth-order valence-corrected chi connectivity index (χ4v) is 7.76. The van der Waals surface area contributed by atoms with Gasteiger partial charge in [0.15, 0.2) is 12.1 Å². The van der Waals surface area contributed by atoms with Gasteiger partial charge in [-0.2, -0.15) is 0 Å². The maximum Gasteiger partial charge on any atom is 0.303 e. The number of oxazole rings is 1. The van der Waals surface area contributed by atoms with Crippen LogP contribution in [0.25, 0.3) is 33.7 Å². The molecule has 1 amide bonds. The lowest BCUT2D eigenvalue weighted by Crippen LogP contribution is -2.31. The van der Waals surface area contributed by atoms with Gasteiger partial charge in [-0.25, -0.2) is 4.98 Å². The number of unbranched alkanes of at least 4 members (excludes halogenated alkanes) is 2. The fraction of sp³-hybridized carbons (Fsp3) is 0.255. The van der Waals surface area contributed by atoms with Gasteiger partial charge in [-0.3, -0.25) is 9.59 Å². The van der Waals surface area contributed by atoms with Crippen LogP contribution in [0.15, 0.2) is 143 Å². The number of rotatable bonds is 17. The van der Waals surface area contributed by atoms with Crippen molar-refractivity contribution in [2.45, 2.75) is 75.4 Å². The average molecular weight is 783 g/mol. The molecular weight excluding hydrogens is 737 g/mol.